The molecular weight excluding hydrogens is 354 g/mol. The second-order valence-corrected chi connectivity index (χ2v) is 7.45. The molecule has 0 aliphatic carbocycles. The summed E-state index contributed by atoms with van der Waals surface area (Å²) in [6.07, 6.45) is 8.00. The van der Waals surface area contributed by atoms with E-state index in [0.29, 0.717) is 12.6 Å². The van der Waals surface area contributed by atoms with E-state index in [9.17, 15) is 0 Å². The highest BCUT2D eigenvalue weighted by molar-refractivity contribution is 7.80. The van der Waals surface area contributed by atoms with Gasteiger partial charge in [-0.2, -0.15) is 0 Å². The van der Waals surface area contributed by atoms with Crippen LogP contribution in [0.5, 0.6) is 0 Å². The highest BCUT2D eigenvalue weighted by atomic mass is 32.1. The molecule has 4 heterocycles. The van der Waals surface area contributed by atoms with Crippen molar-refractivity contribution < 1.29 is 0 Å². The lowest BCUT2D eigenvalue weighted by Gasteiger charge is -2.27. The molecule has 1 N–H and O–H groups in total. The van der Waals surface area contributed by atoms with Gasteiger partial charge < -0.3 is 14.8 Å². The van der Waals surface area contributed by atoms with Gasteiger partial charge in [0.15, 0.2) is 5.11 Å². The zero-order chi connectivity index (χ0) is 18.8. The molecule has 27 heavy (non-hydrogen) atoms. The Bertz CT molecular complexity index is 907. The van der Waals surface area contributed by atoms with Gasteiger partial charge in [0.05, 0.1) is 30.0 Å². The van der Waals surface area contributed by atoms with E-state index < -0.39 is 0 Å². The standard InChI is InChI=1S/C21H23N5S/c1-15(2)25-12-9-16(13-25)20-19(18-8-4-6-11-23-18)24-21(27)26(20)14-17-7-3-5-10-22-17/h3-13,15,19-20H,14H2,1-2H3,(H,24,27)/t19-,20-/m0/s1. The van der Waals surface area contributed by atoms with Gasteiger partial charge >= 0.3 is 0 Å². The van der Waals surface area contributed by atoms with Crippen molar-refractivity contribution in [1.82, 2.24) is 24.8 Å². The van der Waals surface area contributed by atoms with Gasteiger partial charge in [0.1, 0.15) is 0 Å². The van der Waals surface area contributed by atoms with Crippen molar-refractivity contribution in [3.63, 3.8) is 0 Å². The average molecular weight is 378 g/mol. The van der Waals surface area contributed by atoms with Crippen molar-refractivity contribution in [3.05, 3.63) is 84.2 Å². The Balaban J connectivity index is 1.73. The van der Waals surface area contributed by atoms with Crippen LogP contribution in [0.2, 0.25) is 0 Å². The molecule has 4 rings (SSSR count). The van der Waals surface area contributed by atoms with Crippen LogP contribution >= 0.6 is 12.2 Å². The van der Waals surface area contributed by atoms with Crippen LogP contribution in [0.4, 0.5) is 0 Å². The fourth-order valence-electron chi connectivity index (χ4n) is 3.53. The quantitative estimate of drug-likeness (QED) is 0.680. The molecule has 0 aromatic carbocycles. The summed E-state index contributed by atoms with van der Waals surface area (Å²) in [6.45, 7) is 5.03. The summed E-state index contributed by atoms with van der Waals surface area (Å²) in [6, 6.07) is 14.6. The lowest BCUT2D eigenvalue weighted by Crippen LogP contribution is -2.29. The summed E-state index contributed by atoms with van der Waals surface area (Å²) < 4.78 is 2.23. The van der Waals surface area contributed by atoms with Crippen molar-refractivity contribution in [2.24, 2.45) is 0 Å². The Labute approximate surface area is 165 Å². The molecule has 1 fully saturated rings. The summed E-state index contributed by atoms with van der Waals surface area (Å²) in [4.78, 5) is 11.3. The van der Waals surface area contributed by atoms with Crippen LogP contribution in [0, 0.1) is 0 Å². The first-order chi connectivity index (χ1) is 13.1. The molecule has 0 radical (unpaired) electrons. The van der Waals surface area contributed by atoms with Gasteiger partial charge in [-0.15, -0.1) is 0 Å². The molecule has 0 unspecified atom stereocenters. The zero-order valence-corrected chi connectivity index (χ0v) is 16.3. The van der Waals surface area contributed by atoms with E-state index in [2.05, 4.69) is 63.1 Å². The van der Waals surface area contributed by atoms with E-state index in [-0.39, 0.29) is 12.1 Å². The van der Waals surface area contributed by atoms with Crippen molar-refractivity contribution in [1.29, 1.82) is 0 Å². The number of hydrogen-bond acceptors (Lipinski definition) is 3. The van der Waals surface area contributed by atoms with E-state index >= 15 is 0 Å². The third-order valence-corrected chi connectivity index (χ3v) is 5.28. The lowest BCUT2D eigenvalue weighted by molar-refractivity contribution is 0.308. The van der Waals surface area contributed by atoms with Gasteiger partial charge in [0.2, 0.25) is 0 Å². The van der Waals surface area contributed by atoms with E-state index in [1.165, 1.54) is 5.56 Å². The first-order valence-electron chi connectivity index (χ1n) is 9.19. The Morgan fingerprint density at radius 3 is 2.48 bits per heavy atom. The Kier molecular flexibility index (Phi) is 4.90. The largest absolute Gasteiger partial charge is 0.352 e. The van der Waals surface area contributed by atoms with Gasteiger partial charge in [0.25, 0.3) is 0 Å². The predicted molar refractivity (Wildman–Crippen MR) is 110 cm³/mol. The van der Waals surface area contributed by atoms with Crippen LogP contribution in [-0.4, -0.2) is 24.5 Å². The fraction of sp³-hybridized carbons (Fsp3) is 0.286. The molecule has 1 saturated heterocycles. The fourth-order valence-corrected chi connectivity index (χ4v) is 3.84. The molecule has 3 aromatic rings. The second-order valence-electron chi connectivity index (χ2n) is 7.06. The number of hydrogen-bond donors (Lipinski definition) is 1. The van der Waals surface area contributed by atoms with Crippen molar-refractivity contribution >= 4 is 17.3 Å². The van der Waals surface area contributed by atoms with Gasteiger partial charge in [0, 0.05) is 30.8 Å². The molecule has 138 valence electrons. The van der Waals surface area contributed by atoms with Crippen molar-refractivity contribution in [2.75, 3.05) is 0 Å². The van der Waals surface area contributed by atoms with E-state index in [4.69, 9.17) is 12.2 Å². The smallest absolute Gasteiger partial charge is 0.170 e. The summed E-state index contributed by atoms with van der Waals surface area (Å²) >= 11 is 5.70. The number of pyridine rings is 2. The molecule has 5 nitrogen and oxygen atoms in total. The lowest BCUT2D eigenvalue weighted by atomic mass is 9.99. The minimum absolute atomic E-state index is 0.00502. The Hall–Kier alpha value is -2.73. The van der Waals surface area contributed by atoms with Crippen LogP contribution in [0.1, 0.15) is 48.9 Å². The molecule has 6 heteroatoms. The third-order valence-electron chi connectivity index (χ3n) is 4.93. The maximum atomic E-state index is 5.70. The monoisotopic (exact) mass is 377 g/mol. The zero-order valence-electron chi connectivity index (χ0n) is 15.5. The predicted octanol–water partition coefficient (Wildman–Crippen LogP) is 4.03. The summed E-state index contributed by atoms with van der Waals surface area (Å²) in [5.74, 6) is 0. The number of thiocarbonyl (C=S) groups is 1. The molecule has 1 aliphatic rings. The average Bonchev–Trinajstić information content (AvgIpc) is 3.29. The van der Waals surface area contributed by atoms with Crippen molar-refractivity contribution in [2.45, 2.75) is 38.5 Å². The minimum atomic E-state index is 0.00502. The van der Waals surface area contributed by atoms with E-state index in [1.54, 1.807) is 0 Å². The van der Waals surface area contributed by atoms with E-state index in [1.807, 2.05) is 42.7 Å². The second kappa shape index (κ2) is 7.48. The number of aromatic nitrogens is 3. The summed E-state index contributed by atoms with van der Waals surface area (Å²) in [5.41, 5.74) is 3.21. The number of nitrogens with one attached hydrogen (secondary N) is 1. The third kappa shape index (κ3) is 3.57. The Morgan fingerprint density at radius 2 is 1.85 bits per heavy atom. The normalized spacial score (nSPS) is 19.5. The molecule has 0 amide bonds. The highest BCUT2D eigenvalue weighted by Crippen LogP contribution is 2.39. The van der Waals surface area contributed by atoms with E-state index in [0.717, 1.165) is 16.5 Å². The SMILES string of the molecule is CC(C)n1ccc([C@H]2[C@H](c3ccccn3)NC(=S)N2Cc2ccccn2)c1. The first-order valence-corrected chi connectivity index (χ1v) is 9.59. The van der Waals surface area contributed by atoms with Gasteiger partial charge in [-0.3, -0.25) is 9.97 Å². The van der Waals surface area contributed by atoms with Crippen LogP contribution in [0.3, 0.4) is 0 Å². The molecule has 0 bridgehead atoms. The van der Waals surface area contributed by atoms with Gasteiger partial charge in [-0.25, -0.2) is 0 Å². The number of rotatable bonds is 5. The molecule has 3 aromatic heterocycles. The van der Waals surface area contributed by atoms with Crippen LogP contribution in [-0.2, 0) is 6.54 Å². The molecule has 1 aliphatic heterocycles. The van der Waals surface area contributed by atoms with Crippen LogP contribution < -0.4 is 5.32 Å². The summed E-state index contributed by atoms with van der Waals surface area (Å²) in [7, 11) is 0. The minimum Gasteiger partial charge on any atom is -0.352 e. The maximum Gasteiger partial charge on any atom is 0.170 e. The summed E-state index contributed by atoms with van der Waals surface area (Å²) in [5, 5.41) is 4.22. The van der Waals surface area contributed by atoms with Crippen LogP contribution in [0.25, 0.3) is 0 Å². The van der Waals surface area contributed by atoms with Crippen LogP contribution in [0.15, 0.2) is 67.3 Å². The maximum absolute atomic E-state index is 5.70. The first kappa shape index (κ1) is 17.7. The molecule has 2 atom stereocenters. The molecular formula is C21H23N5S. The van der Waals surface area contributed by atoms with Gasteiger partial charge in [-0.1, -0.05) is 12.1 Å². The molecule has 0 spiro atoms. The topological polar surface area (TPSA) is 46.0 Å². The molecule has 0 saturated carbocycles. The van der Waals surface area contributed by atoms with Crippen molar-refractivity contribution in [3.8, 4) is 0 Å². The van der Waals surface area contributed by atoms with Gasteiger partial charge in [-0.05, 0) is 62.0 Å². The highest BCUT2D eigenvalue weighted by Gasteiger charge is 2.40. The Morgan fingerprint density at radius 1 is 1.07 bits per heavy atom. The number of nitrogens with zero attached hydrogens (tertiary/aromatic N) is 4.